The fourth-order valence-electron chi connectivity index (χ4n) is 0.782. The lowest BCUT2D eigenvalue weighted by Gasteiger charge is -2.08. The fourth-order valence-corrected chi connectivity index (χ4v) is 0.902. The molecule has 0 saturated carbocycles. The van der Waals surface area contributed by atoms with Crippen LogP contribution >= 0.6 is 11.6 Å². The molecule has 0 unspecified atom stereocenters. The maximum absolute atomic E-state index is 12.2. The number of rotatable bonds is 2. The van der Waals surface area contributed by atoms with Crippen molar-refractivity contribution in [2.75, 3.05) is 7.11 Å². The van der Waals surface area contributed by atoms with Crippen LogP contribution in [0.3, 0.4) is 0 Å². The fraction of sp³-hybridized carbons (Fsp3) is 0.429. The van der Waals surface area contributed by atoms with Crippen LogP contribution in [0.2, 0.25) is 0 Å². The third-order valence-electron chi connectivity index (χ3n) is 1.37. The van der Waals surface area contributed by atoms with Gasteiger partial charge in [0.25, 0.3) is 0 Å². The van der Waals surface area contributed by atoms with Crippen molar-refractivity contribution >= 4 is 11.6 Å². The molecular weight excluding hydrogens is 221 g/mol. The van der Waals surface area contributed by atoms with E-state index in [1.165, 1.54) is 7.11 Å². The van der Waals surface area contributed by atoms with Gasteiger partial charge in [-0.15, -0.1) is 11.6 Å². The third kappa shape index (κ3) is 2.47. The zero-order valence-electron chi connectivity index (χ0n) is 7.10. The van der Waals surface area contributed by atoms with Gasteiger partial charge in [0.15, 0.2) is 5.69 Å². The molecule has 0 aromatic carbocycles. The Hall–Kier alpha value is -1.04. The first-order valence-electron chi connectivity index (χ1n) is 3.52. The molecule has 0 saturated heterocycles. The Morgan fingerprint density at radius 3 is 2.50 bits per heavy atom. The SMILES string of the molecule is COc1cc(C(F)(F)F)nc(CCl)n1. The number of alkyl halides is 4. The van der Waals surface area contributed by atoms with Crippen LogP contribution in [0.5, 0.6) is 5.88 Å². The molecule has 78 valence electrons. The number of nitrogens with zero attached hydrogens (tertiary/aromatic N) is 2. The predicted molar refractivity (Wildman–Crippen MR) is 43.1 cm³/mol. The van der Waals surface area contributed by atoms with E-state index in [0.29, 0.717) is 0 Å². The van der Waals surface area contributed by atoms with Crippen molar-refractivity contribution in [3.05, 3.63) is 17.6 Å². The van der Waals surface area contributed by atoms with Crippen LogP contribution in [0.1, 0.15) is 11.5 Å². The molecule has 0 radical (unpaired) electrons. The second-order valence-corrected chi connectivity index (χ2v) is 2.61. The second-order valence-electron chi connectivity index (χ2n) is 2.34. The molecule has 3 nitrogen and oxygen atoms in total. The van der Waals surface area contributed by atoms with Gasteiger partial charge >= 0.3 is 6.18 Å². The molecule has 0 aliphatic rings. The van der Waals surface area contributed by atoms with Gasteiger partial charge < -0.3 is 4.74 Å². The van der Waals surface area contributed by atoms with Crippen molar-refractivity contribution in [1.82, 2.24) is 9.97 Å². The summed E-state index contributed by atoms with van der Waals surface area (Å²) in [5, 5.41) is 0. The third-order valence-corrected chi connectivity index (χ3v) is 1.61. The van der Waals surface area contributed by atoms with E-state index in [4.69, 9.17) is 11.6 Å². The van der Waals surface area contributed by atoms with Crippen LogP contribution < -0.4 is 4.74 Å². The quantitative estimate of drug-likeness (QED) is 0.726. The maximum Gasteiger partial charge on any atom is 0.433 e. The van der Waals surface area contributed by atoms with E-state index in [9.17, 15) is 13.2 Å². The minimum atomic E-state index is -4.52. The van der Waals surface area contributed by atoms with Crippen molar-refractivity contribution in [2.24, 2.45) is 0 Å². The number of methoxy groups -OCH3 is 1. The van der Waals surface area contributed by atoms with Crippen LogP contribution in [0.4, 0.5) is 13.2 Å². The molecule has 14 heavy (non-hydrogen) atoms. The van der Waals surface area contributed by atoms with E-state index >= 15 is 0 Å². The highest BCUT2D eigenvalue weighted by Gasteiger charge is 2.33. The van der Waals surface area contributed by atoms with E-state index in [1.54, 1.807) is 0 Å². The largest absolute Gasteiger partial charge is 0.481 e. The lowest BCUT2D eigenvalue weighted by atomic mass is 10.4. The molecule has 7 heteroatoms. The van der Waals surface area contributed by atoms with E-state index in [2.05, 4.69) is 14.7 Å². The minimum absolute atomic E-state index is 0.113. The molecule has 0 aliphatic carbocycles. The summed E-state index contributed by atoms with van der Waals surface area (Å²) < 4.78 is 41.3. The molecule has 0 aliphatic heterocycles. The molecule has 0 N–H and O–H groups in total. The van der Waals surface area contributed by atoms with E-state index in [0.717, 1.165) is 6.07 Å². The standard InChI is InChI=1S/C7H6ClF3N2O/c1-14-6-2-4(7(9,10)11)12-5(3-8)13-6/h2H,3H2,1H3. The van der Waals surface area contributed by atoms with Crippen LogP contribution in [-0.2, 0) is 12.1 Å². The maximum atomic E-state index is 12.2. The predicted octanol–water partition coefficient (Wildman–Crippen LogP) is 2.24. The highest BCUT2D eigenvalue weighted by Crippen LogP contribution is 2.29. The topological polar surface area (TPSA) is 35.0 Å². The van der Waals surface area contributed by atoms with Crippen LogP contribution in [0, 0.1) is 0 Å². The molecule has 0 fully saturated rings. The Labute approximate surface area is 82.9 Å². The molecule has 0 amide bonds. The Kier molecular flexibility index (Phi) is 3.15. The lowest BCUT2D eigenvalue weighted by molar-refractivity contribution is -0.141. The molecular formula is C7H6ClF3N2O. The van der Waals surface area contributed by atoms with Gasteiger partial charge in [-0.3, -0.25) is 0 Å². The van der Waals surface area contributed by atoms with Crippen LogP contribution in [0.15, 0.2) is 6.07 Å². The molecule has 1 aromatic heterocycles. The number of hydrogen-bond donors (Lipinski definition) is 0. The molecule has 0 atom stereocenters. The van der Waals surface area contributed by atoms with E-state index < -0.39 is 11.9 Å². The number of halogens is 4. The zero-order valence-corrected chi connectivity index (χ0v) is 7.85. The van der Waals surface area contributed by atoms with Gasteiger partial charge in [-0.2, -0.15) is 18.2 Å². The summed E-state index contributed by atoms with van der Waals surface area (Å²) in [6.07, 6.45) is -4.52. The molecule has 1 heterocycles. The molecule has 1 rings (SSSR count). The number of aromatic nitrogens is 2. The minimum Gasteiger partial charge on any atom is -0.481 e. The summed E-state index contributed by atoms with van der Waals surface area (Å²) in [5.41, 5.74) is -1.06. The van der Waals surface area contributed by atoms with Gasteiger partial charge in [-0.05, 0) is 0 Å². The Balaban J connectivity index is 3.17. The summed E-state index contributed by atoms with van der Waals surface area (Å²) in [5.74, 6) is -0.457. The van der Waals surface area contributed by atoms with Gasteiger partial charge in [-0.1, -0.05) is 0 Å². The van der Waals surface area contributed by atoms with Gasteiger partial charge in [0, 0.05) is 6.07 Å². The summed E-state index contributed by atoms with van der Waals surface area (Å²) in [6.45, 7) is 0. The molecule has 0 bridgehead atoms. The first kappa shape index (κ1) is 11.0. The summed E-state index contributed by atoms with van der Waals surface area (Å²) >= 11 is 5.33. The average Bonchev–Trinajstić information content (AvgIpc) is 2.15. The highest BCUT2D eigenvalue weighted by atomic mass is 35.5. The zero-order chi connectivity index (χ0) is 10.8. The summed E-state index contributed by atoms with van der Waals surface area (Å²) in [6, 6.07) is 0.718. The number of ether oxygens (including phenoxy) is 1. The van der Waals surface area contributed by atoms with E-state index in [-0.39, 0.29) is 17.6 Å². The molecule has 1 aromatic rings. The second kappa shape index (κ2) is 4.00. The lowest BCUT2D eigenvalue weighted by Crippen LogP contribution is -2.11. The average molecular weight is 227 g/mol. The number of hydrogen-bond acceptors (Lipinski definition) is 3. The van der Waals surface area contributed by atoms with Gasteiger partial charge in [0.05, 0.1) is 13.0 Å². The smallest absolute Gasteiger partial charge is 0.433 e. The van der Waals surface area contributed by atoms with Gasteiger partial charge in [-0.25, -0.2) is 4.98 Å². The summed E-state index contributed by atoms with van der Waals surface area (Å²) in [4.78, 5) is 6.84. The van der Waals surface area contributed by atoms with Crippen molar-refractivity contribution in [1.29, 1.82) is 0 Å². The van der Waals surface area contributed by atoms with Crippen LogP contribution in [0.25, 0.3) is 0 Å². The normalized spacial score (nSPS) is 11.5. The summed E-state index contributed by atoms with van der Waals surface area (Å²) in [7, 11) is 1.22. The van der Waals surface area contributed by atoms with Crippen molar-refractivity contribution < 1.29 is 17.9 Å². The monoisotopic (exact) mass is 226 g/mol. The Morgan fingerprint density at radius 2 is 2.07 bits per heavy atom. The first-order chi connectivity index (χ1) is 6.47. The Morgan fingerprint density at radius 1 is 1.43 bits per heavy atom. The van der Waals surface area contributed by atoms with Crippen LogP contribution in [-0.4, -0.2) is 17.1 Å². The van der Waals surface area contributed by atoms with Crippen molar-refractivity contribution in [3.63, 3.8) is 0 Å². The van der Waals surface area contributed by atoms with Crippen molar-refractivity contribution in [3.8, 4) is 5.88 Å². The van der Waals surface area contributed by atoms with Gasteiger partial charge in [0.2, 0.25) is 5.88 Å². The molecule has 0 spiro atoms. The highest BCUT2D eigenvalue weighted by molar-refractivity contribution is 6.16. The first-order valence-corrected chi connectivity index (χ1v) is 4.06. The van der Waals surface area contributed by atoms with Crippen molar-refractivity contribution in [2.45, 2.75) is 12.1 Å². The van der Waals surface area contributed by atoms with Gasteiger partial charge in [0.1, 0.15) is 5.82 Å². The van der Waals surface area contributed by atoms with E-state index in [1.807, 2.05) is 0 Å². The Bertz CT molecular complexity index is 307.